The second-order valence-corrected chi connectivity index (χ2v) is 6.73. The number of hydrogen-bond donors (Lipinski definition) is 0. The highest BCUT2D eigenvalue weighted by Gasteiger charge is 2.16. The average Bonchev–Trinajstić information content (AvgIpc) is 2.74. The number of hydrogen-bond acceptors (Lipinski definition) is 4. The van der Waals surface area contributed by atoms with E-state index in [1.807, 2.05) is 42.5 Å². The zero-order valence-electron chi connectivity index (χ0n) is 15.4. The largest absolute Gasteiger partial charge is 0.497 e. The second kappa shape index (κ2) is 7.93. The van der Waals surface area contributed by atoms with Gasteiger partial charge in [-0.3, -0.25) is 4.79 Å². The van der Waals surface area contributed by atoms with Crippen LogP contribution in [0.5, 0.6) is 17.2 Å². The molecule has 5 nitrogen and oxygen atoms in total. The van der Waals surface area contributed by atoms with E-state index in [9.17, 15) is 9.18 Å². The molecule has 0 radical (unpaired) electrons. The highest BCUT2D eigenvalue weighted by Crippen LogP contribution is 2.29. The molecule has 1 heterocycles. The SMILES string of the molecule is COc1ccc(Oc2c(Cl)cnn(Cc3cccc4ccccc34)c2=O)c(F)c1. The molecule has 0 amide bonds. The van der Waals surface area contributed by atoms with Gasteiger partial charge in [0.2, 0.25) is 5.75 Å². The van der Waals surface area contributed by atoms with Gasteiger partial charge in [-0.2, -0.15) is 5.10 Å². The lowest BCUT2D eigenvalue weighted by atomic mass is 10.0. The van der Waals surface area contributed by atoms with Crippen LogP contribution in [0, 0.1) is 5.82 Å². The van der Waals surface area contributed by atoms with Gasteiger partial charge >= 0.3 is 5.56 Å². The number of methoxy groups -OCH3 is 1. The molecule has 0 unspecified atom stereocenters. The van der Waals surface area contributed by atoms with Crippen LogP contribution in [0.25, 0.3) is 10.8 Å². The molecular weight excluding hydrogens is 395 g/mol. The molecule has 0 saturated carbocycles. The summed E-state index contributed by atoms with van der Waals surface area (Å²) in [5.74, 6) is -0.653. The lowest BCUT2D eigenvalue weighted by Gasteiger charge is -2.12. The monoisotopic (exact) mass is 410 g/mol. The smallest absolute Gasteiger partial charge is 0.311 e. The quantitative estimate of drug-likeness (QED) is 0.462. The normalized spacial score (nSPS) is 10.9. The molecule has 4 rings (SSSR count). The average molecular weight is 411 g/mol. The number of rotatable bonds is 5. The van der Waals surface area contributed by atoms with Gasteiger partial charge in [0, 0.05) is 6.07 Å². The summed E-state index contributed by atoms with van der Waals surface area (Å²) in [6, 6.07) is 17.8. The van der Waals surface area contributed by atoms with Crippen molar-refractivity contribution in [1.82, 2.24) is 9.78 Å². The molecular formula is C22H16ClFN2O3. The van der Waals surface area contributed by atoms with Crippen LogP contribution in [0.15, 0.2) is 71.7 Å². The Bertz CT molecular complexity index is 1250. The van der Waals surface area contributed by atoms with Gasteiger partial charge in [0.1, 0.15) is 10.8 Å². The maximum absolute atomic E-state index is 14.2. The fourth-order valence-electron chi connectivity index (χ4n) is 3.05. The summed E-state index contributed by atoms with van der Waals surface area (Å²) < 4.78 is 25.9. The molecule has 1 aromatic heterocycles. The van der Waals surface area contributed by atoms with Crippen molar-refractivity contribution < 1.29 is 13.9 Å². The third-order valence-corrected chi connectivity index (χ3v) is 4.78. The first kappa shape index (κ1) is 19.0. The summed E-state index contributed by atoms with van der Waals surface area (Å²) in [5, 5.41) is 6.18. The number of fused-ring (bicyclic) bond motifs is 1. The van der Waals surface area contributed by atoms with E-state index in [1.165, 1.54) is 36.2 Å². The standard InChI is InChI=1S/C22H16ClFN2O3/c1-28-16-9-10-20(19(24)11-16)29-21-18(23)12-25-26(22(21)27)13-15-7-4-6-14-5-2-3-8-17(14)15/h2-12H,13H2,1H3. The predicted molar refractivity (Wildman–Crippen MR) is 110 cm³/mol. The third-order valence-electron chi connectivity index (χ3n) is 4.51. The van der Waals surface area contributed by atoms with Crippen molar-refractivity contribution in [1.29, 1.82) is 0 Å². The number of ether oxygens (including phenoxy) is 2. The number of aromatic nitrogens is 2. The van der Waals surface area contributed by atoms with Crippen molar-refractivity contribution in [3.05, 3.63) is 93.6 Å². The first-order valence-corrected chi connectivity index (χ1v) is 9.18. The molecule has 0 fully saturated rings. The van der Waals surface area contributed by atoms with Crippen LogP contribution < -0.4 is 15.0 Å². The van der Waals surface area contributed by atoms with Crippen LogP contribution in [0.4, 0.5) is 4.39 Å². The molecule has 0 aliphatic carbocycles. The Labute approximate surface area is 170 Å². The molecule has 0 N–H and O–H groups in total. The minimum Gasteiger partial charge on any atom is -0.497 e. The zero-order valence-corrected chi connectivity index (χ0v) is 16.2. The Morgan fingerprint density at radius 1 is 1.10 bits per heavy atom. The highest BCUT2D eigenvalue weighted by molar-refractivity contribution is 6.31. The van der Waals surface area contributed by atoms with Crippen LogP contribution in [0.2, 0.25) is 5.02 Å². The minimum absolute atomic E-state index is 0.000567. The predicted octanol–water partition coefficient (Wildman–Crippen LogP) is 5.04. The summed E-state index contributed by atoms with van der Waals surface area (Å²) in [6.07, 6.45) is 1.31. The van der Waals surface area contributed by atoms with Crippen molar-refractivity contribution >= 4 is 22.4 Å². The first-order chi connectivity index (χ1) is 14.1. The van der Waals surface area contributed by atoms with Crippen molar-refractivity contribution in [3.63, 3.8) is 0 Å². The van der Waals surface area contributed by atoms with E-state index in [-0.39, 0.29) is 23.1 Å². The van der Waals surface area contributed by atoms with Crippen molar-refractivity contribution in [2.24, 2.45) is 0 Å². The third kappa shape index (κ3) is 3.79. The number of halogens is 2. The molecule has 0 atom stereocenters. The van der Waals surface area contributed by atoms with Crippen LogP contribution in [-0.4, -0.2) is 16.9 Å². The molecule has 0 bridgehead atoms. The van der Waals surface area contributed by atoms with E-state index in [1.54, 1.807) is 0 Å². The van der Waals surface area contributed by atoms with E-state index in [0.717, 1.165) is 16.3 Å². The van der Waals surface area contributed by atoms with E-state index in [2.05, 4.69) is 5.10 Å². The summed E-state index contributed by atoms with van der Waals surface area (Å²) >= 11 is 6.11. The van der Waals surface area contributed by atoms with E-state index < -0.39 is 11.4 Å². The summed E-state index contributed by atoms with van der Waals surface area (Å²) in [6.45, 7) is 0.221. The van der Waals surface area contributed by atoms with E-state index in [0.29, 0.717) is 5.75 Å². The fraction of sp³-hybridized carbons (Fsp3) is 0.0909. The second-order valence-electron chi connectivity index (χ2n) is 6.32. The van der Waals surface area contributed by atoms with Crippen LogP contribution in [0.1, 0.15) is 5.56 Å². The van der Waals surface area contributed by atoms with E-state index in [4.69, 9.17) is 21.1 Å². The zero-order chi connectivity index (χ0) is 20.4. The van der Waals surface area contributed by atoms with Crippen LogP contribution in [0.3, 0.4) is 0 Å². The molecule has 0 aliphatic rings. The van der Waals surface area contributed by atoms with E-state index >= 15 is 0 Å². The number of benzene rings is 3. The molecule has 4 aromatic rings. The van der Waals surface area contributed by atoms with Crippen molar-refractivity contribution in [2.75, 3.05) is 7.11 Å². The van der Waals surface area contributed by atoms with Crippen LogP contribution in [-0.2, 0) is 6.54 Å². The molecule has 3 aromatic carbocycles. The van der Waals surface area contributed by atoms with Gasteiger partial charge in [0.05, 0.1) is 19.9 Å². The Balaban J connectivity index is 1.71. The minimum atomic E-state index is -0.669. The Morgan fingerprint density at radius 2 is 1.90 bits per heavy atom. The van der Waals surface area contributed by atoms with Gasteiger partial charge in [-0.05, 0) is 28.5 Å². The van der Waals surface area contributed by atoms with Crippen molar-refractivity contribution in [2.45, 2.75) is 6.54 Å². The topological polar surface area (TPSA) is 53.4 Å². The molecule has 146 valence electrons. The maximum atomic E-state index is 14.2. The van der Waals surface area contributed by atoms with Gasteiger partial charge in [0.15, 0.2) is 11.6 Å². The molecule has 0 aliphatic heterocycles. The molecule has 7 heteroatoms. The molecule has 29 heavy (non-hydrogen) atoms. The van der Waals surface area contributed by atoms with Gasteiger partial charge in [0.25, 0.3) is 0 Å². The summed E-state index contributed by atoms with van der Waals surface area (Å²) in [7, 11) is 1.43. The lowest BCUT2D eigenvalue weighted by molar-refractivity contribution is 0.399. The Kier molecular flexibility index (Phi) is 5.18. The Morgan fingerprint density at radius 3 is 2.69 bits per heavy atom. The summed E-state index contributed by atoms with van der Waals surface area (Å²) in [5.41, 5.74) is 0.363. The molecule has 0 spiro atoms. The molecule has 0 saturated heterocycles. The van der Waals surface area contributed by atoms with Gasteiger partial charge in [-0.25, -0.2) is 9.07 Å². The first-order valence-electron chi connectivity index (χ1n) is 8.80. The van der Waals surface area contributed by atoms with Crippen LogP contribution >= 0.6 is 11.6 Å². The highest BCUT2D eigenvalue weighted by atomic mass is 35.5. The maximum Gasteiger partial charge on any atom is 0.311 e. The van der Waals surface area contributed by atoms with Crippen molar-refractivity contribution in [3.8, 4) is 17.2 Å². The number of nitrogens with zero attached hydrogens (tertiary/aromatic N) is 2. The van der Waals surface area contributed by atoms with Gasteiger partial charge in [-0.1, -0.05) is 54.1 Å². The summed E-state index contributed by atoms with van der Waals surface area (Å²) in [4.78, 5) is 12.9. The fourth-order valence-corrected chi connectivity index (χ4v) is 3.21. The van der Waals surface area contributed by atoms with Gasteiger partial charge in [-0.15, -0.1) is 0 Å². The lowest BCUT2D eigenvalue weighted by Crippen LogP contribution is -2.24. The van der Waals surface area contributed by atoms with Gasteiger partial charge < -0.3 is 9.47 Å². The Hall–Kier alpha value is -3.38.